The highest BCUT2D eigenvalue weighted by Crippen LogP contribution is 2.66. The molecule has 4 aliphatic rings. The molecule has 10 atom stereocenters. The molecule has 0 amide bonds. The molecule has 0 aliphatic heterocycles. The van der Waals surface area contributed by atoms with Gasteiger partial charge in [0.1, 0.15) is 0 Å². The zero-order valence-corrected chi connectivity index (χ0v) is 19.7. The summed E-state index contributed by atoms with van der Waals surface area (Å²) < 4.78 is 0. The van der Waals surface area contributed by atoms with Crippen molar-refractivity contribution in [1.82, 2.24) is 0 Å². The zero-order chi connectivity index (χ0) is 21.8. The third-order valence-electron chi connectivity index (χ3n) is 9.89. The van der Waals surface area contributed by atoms with Crippen LogP contribution in [0.4, 0.5) is 0 Å². The van der Waals surface area contributed by atoms with Crippen molar-refractivity contribution in [2.45, 2.75) is 97.9 Å². The molecule has 4 rings (SSSR count). The van der Waals surface area contributed by atoms with Gasteiger partial charge in [0.2, 0.25) is 0 Å². The van der Waals surface area contributed by atoms with Crippen LogP contribution in [-0.4, -0.2) is 33.6 Å². The van der Waals surface area contributed by atoms with Crippen molar-refractivity contribution < 1.29 is 15.3 Å². The monoisotopic (exact) mass is 416 g/mol. The lowest BCUT2D eigenvalue weighted by atomic mass is 9.46. The second-order valence-corrected chi connectivity index (χ2v) is 12.1. The van der Waals surface area contributed by atoms with Gasteiger partial charge in [-0.25, -0.2) is 0 Å². The van der Waals surface area contributed by atoms with E-state index in [0.29, 0.717) is 30.1 Å². The minimum atomic E-state index is -0.601. The first-order chi connectivity index (χ1) is 14.1. The van der Waals surface area contributed by atoms with Gasteiger partial charge in [-0.05, 0) is 59.8 Å². The predicted molar refractivity (Wildman–Crippen MR) is 122 cm³/mol. The fourth-order valence-electron chi connectivity index (χ4n) is 8.34. The van der Waals surface area contributed by atoms with Crippen LogP contribution in [0.2, 0.25) is 0 Å². The van der Waals surface area contributed by atoms with Gasteiger partial charge < -0.3 is 15.3 Å². The normalized spacial score (nSPS) is 48.7. The predicted octanol–water partition coefficient (Wildman–Crippen LogP) is 5.11. The molecule has 0 aromatic heterocycles. The molecule has 30 heavy (non-hydrogen) atoms. The van der Waals surface area contributed by atoms with E-state index in [9.17, 15) is 15.3 Å². The Hall–Kier alpha value is -0.640. The average Bonchev–Trinajstić information content (AvgIpc) is 2.99. The fourth-order valence-corrected chi connectivity index (χ4v) is 8.34. The number of hydrogen-bond donors (Lipinski definition) is 3. The second kappa shape index (κ2) is 8.05. The summed E-state index contributed by atoms with van der Waals surface area (Å²) in [5.41, 5.74) is 0.744. The van der Waals surface area contributed by atoms with Gasteiger partial charge in [-0.2, -0.15) is 0 Å². The number of aliphatic hydroxyl groups is 3. The Morgan fingerprint density at radius 1 is 1.07 bits per heavy atom. The van der Waals surface area contributed by atoms with Gasteiger partial charge in [0.25, 0.3) is 0 Å². The van der Waals surface area contributed by atoms with Crippen molar-refractivity contribution >= 4 is 0 Å². The first-order valence-electron chi connectivity index (χ1n) is 12.5. The lowest BCUT2D eigenvalue weighted by Gasteiger charge is -2.59. The number of aliphatic hydroxyl groups excluding tert-OH is 3. The van der Waals surface area contributed by atoms with E-state index in [2.05, 4.69) is 46.8 Å². The SMILES string of the molecule is CC(C)CCC[C@@H](C)[C@H]1CC[C@H]2[C@@H]3C=CC4=C[C@H](O)C[C@H](O)[C@]4(C)[C@H]3[C@H](O)C[C@]12C. The quantitative estimate of drug-likeness (QED) is 0.584. The van der Waals surface area contributed by atoms with E-state index in [1.165, 1.54) is 32.1 Å². The molecule has 0 radical (unpaired) electrons. The summed E-state index contributed by atoms with van der Waals surface area (Å²) in [6, 6.07) is 0. The van der Waals surface area contributed by atoms with E-state index in [1.807, 2.05) is 6.08 Å². The topological polar surface area (TPSA) is 60.7 Å². The minimum absolute atomic E-state index is 0.0457. The van der Waals surface area contributed by atoms with Crippen molar-refractivity contribution in [2.24, 2.45) is 46.3 Å². The molecule has 0 saturated heterocycles. The maximum absolute atomic E-state index is 11.5. The molecule has 0 aromatic rings. The smallest absolute Gasteiger partial charge is 0.0751 e. The number of hydrogen-bond acceptors (Lipinski definition) is 3. The largest absolute Gasteiger partial charge is 0.393 e. The van der Waals surface area contributed by atoms with E-state index in [0.717, 1.165) is 17.9 Å². The van der Waals surface area contributed by atoms with Crippen LogP contribution in [0, 0.1) is 46.3 Å². The summed E-state index contributed by atoms with van der Waals surface area (Å²) in [6.07, 6.45) is 12.5. The highest BCUT2D eigenvalue weighted by molar-refractivity contribution is 5.38. The van der Waals surface area contributed by atoms with Gasteiger partial charge in [0.05, 0.1) is 18.3 Å². The Balaban J connectivity index is 1.60. The summed E-state index contributed by atoms with van der Waals surface area (Å²) in [6.45, 7) is 11.7. The van der Waals surface area contributed by atoms with Crippen molar-refractivity contribution in [3.63, 3.8) is 0 Å². The maximum Gasteiger partial charge on any atom is 0.0751 e. The molecule has 0 spiro atoms. The highest BCUT2D eigenvalue weighted by atomic mass is 16.3. The molecule has 2 saturated carbocycles. The van der Waals surface area contributed by atoms with Crippen LogP contribution in [0.15, 0.2) is 23.8 Å². The summed E-state index contributed by atoms with van der Waals surface area (Å²) in [5, 5.41) is 32.7. The Morgan fingerprint density at radius 3 is 2.50 bits per heavy atom. The molecule has 0 unspecified atom stereocenters. The molecule has 3 heteroatoms. The Labute approximate surface area is 183 Å². The number of rotatable bonds is 5. The maximum atomic E-state index is 11.5. The van der Waals surface area contributed by atoms with Crippen molar-refractivity contribution in [2.75, 3.05) is 0 Å². The van der Waals surface area contributed by atoms with E-state index >= 15 is 0 Å². The second-order valence-electron chi connectivity index (χ2n) is 12.1. The van der Waals surface area contributed by atoms with Crippen molar-refractivity contribution in [3.05, 3.63) is 23.8 Å². The Bertz CT molecular complexity index is 696. The van der Waals surface area contributed by atoms with E-state index in [4.69, 9.17) is 0 Å². The molecule has 3 N–H and O–H groups in total. The van der Waals surface area contributed by atoms with E-state index < -0.39 is 23.7 Å². The van der Waals surface area contributed by atoms with Crippen LogP contribution < -0.4 is 0 Å². The summed E-state index contributed by atoms with van der Waals surface area (Å²) in [4.78, 5) is 0. The Morgan fingerprint density at radius 2 is 1.80 bits per heavy atom. The van der Waals surface area contributed by atoms with E-state index in [1.54, 1.807) is 0 Å². The van der Waals surface area contributed by atoms with Gasteiger partial charge in [0.15, 0.2) is 0 Å². The molecular formula is C27H44O3. The molecule has 170 valence electrons. The third kappa shape index (κ3) is 3.44. The first-order valence-corrected chi connectivity index (χ1v) is 12.5. The molecule has 3 nitrogen and oxygen atoms in total. The minimum Gasteiger partial charge on any atom is -0.393 e. The molecule has 0 heterocycles. The van der Waals surface area contributed by atoms with Gasteiger partial charge in [0, 0.05) is 17.8 Å². The number of fused-ring (bicyclic) bond motifs is 5. The van der Waals surface area contributed by atoms with Gasteiger partial charge >= 0.3 is 0 Å². The Kier molecular flexibility index (Phi) is 6.05. The molecule has 2 fully saturated rings. The summed E-state index contributed by atoms with van der Waals surface area (Å²) in [7, 11) is 0. The molecule has 4 aliphatic carbocycles. The molecule has 0 bridgehead atoms. The van der Waals surface area contributed by atoms with Gasteiger partial charge in [-0.1, -0.05) is 72.1 Å². The lowest BCUT2D eigenvalue weighted by molar-refractivity contribution is -0.139. The van der Waals surface area contributed by atoms with Crippen LogP contribution >= 0.6 is 0 Å². The third-order valence-corrected chi connectivity index (χ3v) is 9.89. The van der Waals surface area contributed by atoms with Crippen molar-refractivity contribution in [1.29, 1.82) is 0 Å². The van der Waals surface area contributed by atoms with Crippen LogP contribution in [0.25, 0.3) is 0 Å². The van der Waals surface area contributed by atoms with Crippen LogP contribution in [0.1, 0.15) is 79.6 Å². The summed E-state index contributed by atoms with van der Waals surface area (Å²) >= 11 is 0. The van der Waals surface area contributed by atoms with Crippen molar-refractivity contribution in [3.8, 4) is 0 Å². The molecular weight excluding hydrogens is 372 g/mol. The van der Waals surface area contributed by atoms with Crippen LogP contribution in [0.3, 0.4) is 0 Å². The number of allylic oxidation sites excluding steroid dienone is 2. The summed E-state index contributed by atoms with van der Waals surface area (Å²) in [5.74, 6) is 3.11. The first kappa shape index (κ1) is 22.6. The van der Waals surface area contributed by atoms with Gasteiger partial charge in [-0.15, -0.1) is 0 Å². The average molecular weight is 417 g/mol. The molecule has 0 aromatic carbocycles. The standard InChI is InChI=1S/C27H44O3/c1-16(2)7-6-8-17(3)21-11-12-22-20-10-9-18-13-19(28)14-24(30)27(18,5)25(20)23(29)15-26(21,22)4/h9-10,13,16-17,19-25,28-30H,6-8,11-12,14-15H2,1-5H3/t17-,19+,20+,21-,22+,23-,24+,25-,26-,27-/m1/s1. The van der Waals surface area contributed by atoms with Gasteiger partial charge in [-0.3, -0.25) is 0 Å². The van der Waals surface area contributed by atoms with E-state index in [-0.39, 0.29) is 11.3 Å². The fraction of sp³-hybridized carbons (Fsp3) is 0.852. The zero-order valence-electron chi connectivity index (χ0n) is 19.7. The van der Waals surface area contributed by atoms with Crippen LogP contribution in [-0.2, 0) is 0 Å². The lowest BCUT2D eigenvalue weighted by Crippen LogP contribution is -2.59. The van der Waals surface area contributed by atoms with Crippen LogP contribution in [0.5, 0.6) is 0 Å². The highest BCUT2D eigenvalue weighted by Gasteiger charge is 2.63.